The smallest absolute Gasteiger partial charge is 0.335 e. The predicted molar refractivity (Wildman–Crippen MR) is 163 cm³/mol. The molecule has 2 aliphatic heterocycles. The summed E-state index contributed by atoms with van der Waals surface area (Å²) in [4.78, 5) is 40.2. The number of benzene rings is 2. The molecule has 2 N–H and O–H groups in total. The molecule has 0 saturated carbocycles. The van der Waals surface area contributed by atoms with Gasteiger partial charge in [0.15, 0.2) is 11.5 Å². The number of aromatic nitrogens is 4. The largest absolute Gasteiger partial charge is 0.457 e. The third-order valence-corrected chi connectivity index (χ3v) is 8.36. The molecule has 0 radical (unpaired) electrons. The zero-order chi connectivity index (χ0) is 30.1. The lowest BCUT2D eigenvalue weighted by molar-refractivity contribution is -0.127. The van der Waals surface area contributed by atoms with Gasteiger partial charge in [-0.15, -0.1) is 0 Å². The van der Waals surface area contributed by atoms with E-state index in [1.165, 1.54) is 10.9 Å². The Hall–Kier alpha value is -4.95. The number of nitrogen functional groups attached to an aromatic ring is 1. The molecule has 6 rings (SSSR count). The van der Waals surface area contributed by atoms with E-state index in [9.17, 15) is 14.9 Å². The van der Waals surface area contributed by atoms with Gasteiger partial charge in [0.2, 0.25) is 0 Å². The maximum atomic E-state index is 14.0. The summed E-state index contributed by atoms with van der Waals surface area (Å²) in [6, 6.07) is 18.4. The molecule has 220 valence electrons. The highest BCUT2D eigenvalue weighted by molar-refractivity contribution is 5.97. The molecule has 43 heavy (non-hydrogen) atoms. The SMILES string of the molecule is CC(C)(C=C(C#N)C(=O)N1CCC[C@H]1Cn1c(=O)n(-c2ccc(Oc3ccccc3)cc2)c2c(N)ncnc21)N1CCC1. The lowest BCUT2D eigenvalue weighted by Gasteiger charge is -2.43. The van der Waals surface area contributed by atoms with Gasteiger partial charge in [0, 0.05) is 31.7 Å². The molecular weight excluding hydrogens is 544 g/mol. The molecule has 2 aromatic heterocycles. The number of imidazole rings is 1. The summed E-state index contributed by atoms with van der Waals surface area (Å²) in [5.41, 5.74) is 7.05. The Morgan fingerprint density at radius 1 is 1.07 bits per heavy atom. The minimum atomic E-state index is -0.394. The number of fused-ring (bicyclic) bond motifs is 1. The Morgan fingerprint density at radius 2 is 1.79 bits per heavy atom. The van der Waals surface area contributed by atoms with E-state index in [1.807, 2.05) is 44.2 Å². The van der Waals surface area contributed by atoms with Crippen LogP contribution in [0.4, 0.5) is 5.82 Å². The van der Waals surface area contributed by atoms with Crippen LogP contribution in [-0.4, -0.2) is 66.0 Å². The highest BCUT2D eigenvalue weighted by Gasteiger charge is 2.35. The van der Waals surface area contributed by atoms with Gasteiger partial charge in [-0.3, -0.25) is 18.8 Å². The van der Waals surface area contributed by atoms with E-state index in [-0.39, 0.29) is 35.6 Å². The van der Waals surface area contributed by atoms with Crippen molar-refractivity contribution in [1.82, 2.24) is 28.9 Å². The average molecular weight is 579 g/mol. The molecule has 11 nitrogen and oxygen atoms in total. The fourth-order valence-corrected chi connectivity index (χ4v) is 5.93. The van der Waals surface area contributed by atoms with Gasteiger partial charge in [0.25, 0.3) is 5.91 Å². The Balaban J connectivity index is 1.30. The van der Waals surface area contributed by atoms with Crippen LogP contribution >= 0.6 is 0 Å². The Bertz CT molecular complexity index is 1780. The van der Waals surface area contributed by atoms with E-state index < -0.39 is 5.54 Å². The maximum Gasteiger partial charge on any atom is 0.335 e. The van der Waals surface area contributed by atoms with Crippen molar-refractivity contribution in [2.24, 2.45) is 0 Å². The van der Waals surface area contributed by atoms with E-state index in [0.29, 0.717) is 41.3 Å². The van der Waals surface area contributed by atoms with Gasteiger partial charge in [0.05, 0.1) is 11.7 Å². The number of para-hydroxylation sites is 1. The van der Waals surface area contributed by atoms with Gasteiger partial charge in [-0.25, -0.2) is 14.8 Å². The number of anilines is 1. The van der Waals surface area contributed by atoms with Crippen LogP contribution in [0.3, 0.4) is 0 Å². The van der Waals surface area contributed by atoms with Gasteiger partial charge in [0.1, 0.15) is 35.0 Å². The number of amides is 1. The van der Waals surface area contributed by atoms with Gasteiger partial charge >= 0.3 is 5.69 Å². The molecule has 1 atom stereocenters. The van der Waals surface area contributed by atoms with E-state index in [1.54, 1.807) is 39.8 Å². The minimum absolute atomic E-state index is 0.128. The van der Waals surface area contributed by atoms with Crippen molar-refractivity contribution in [3.63, 3.8) is 0 Å². The van der Waals surface area contributed by atoms with Crippen molar-refractivity contribution in [2.75, 3.05) is 25.4 Å². The molecule has 2 fully saturated rings. The Kier molecular flexibility index (Phi) is 7.46. The van der Waals surface area contributed by atoms with Crippen molar-refractivity contribution in [2.45, 2.75) is 51.2 Å². The molecule has 4 heterocycles. The number of ether oxygens (including phenoxy) is 1. The standard InChI is InChI=1S/C32H34N8O3/c1-32(2,37-15-7-16-37)18-22(19-33)30(41)38-17-6-8-24(38)20-39-29-27(28(34)35-21-36-29)40(31(39)42)23-11-13-26(14-12-23)43-25-9-4-3-5-10-25/h3-5,9-14,18,21,24H,6-8,15-17,20H2,1-2H3,(H2,34,35,36)/t24-/m0/s1. The first-order valence-corrected chi connectivity index (χ1v) is 14.5. The summed E-state index contributed by atoms with van der Waals surface area (Å²) >= 11 is 0. The van der Waals surface area contributed by atoms with Crippen molar-refractivity contribution in [3.05, 3.63) is 83.1 Å². The number of carbonyl (C=O) groups is 1. The van der Waals surface area contributed by atoms with Crippen molar-refractivity contribution in [3.8, 4) is 23.3 Å². The summed E-state index contributed by atoms with van der Waals surface area (Å²) in [5, 5.41) is 9.93. The van der Waals surface area contributed by atoms with Gasteiger partial charge in [-0.2, -0.15) is 5.26 Å². The molecule has 0 unspecified atom stereocenters. The molecule has 0 bridgehead atoms. The minimum Gasteiger partial charge on any atom is -0.457 e. The zero-order valence-electron chi connectivity index (χ0n) is 24.3. The first-order valence-electron chi connectivity index (χ1n) is 14.5. The van der Waals surface area contributed by atoms with E-state index >= 15 is 0 Å². The molecule has 0 aliphatic carbocycles. The van der Waals surface area contributed by atoms with Gasteiger partial charge in [-0.05, 0) is 75.6 Å². The lowest BCUT2D eigenvalue weighted by Crippen LogP contribution is -2.51. The summed E-state index contributed by atoms with van der Waals surface area (Å²) < 4.78 is 8.96. The second-order valence-electron chi connectivity index (χ2n) is 11.5. The molecule has 2 aliphatic rings. The van der Waals surface area contributed by atoms with Gasteiger partial charge in [-0.1, -0.05) is 18.2 Å². The highest BCUT2D eigenvalue weighted by Crippen LogP contribution is 2.28. The predicted octanol–water partition coefficient (Wildman–Crippen LogP) is 3.88. The normalized spacial score (nSPS) is 17.6. The fourth-order valence-electron chi connectivity index (χ4n) is 5.93. The van der Waals surface area contributed by atoms with Crippen LogP contribution in [0.15, 0.2) is 77.4 Å². The zero-order valence-corrected chi connectivity index (χ0v) is 24.3. The molecule has 4 aromatic rings. The average Bonchev–Trinajstić information content (AvgIpc) is 3.54. The first kappa shape index (κ1) is 28.2. The summed E-state index contributed by atoms with van der Waals surface area (Å²) in [7, 11) is 0. The Labute approximate surface area is 249 Å². The van der Waals surface area contributed by atoms with E-state index in [0.717, 1.165) is 25.9 Å². The quantitative estimate of drug-likeness (QED) is 0.246. The third-order valence-electron chi connectivity index (χ3n) is 8.36. The van der Waals surface area contributed by atoms with Crippen molar-refractivity contribution in [1.29, 1.82) is 5.26 Å². The number of carbonyl (C=O) groups excluding carboxylic acids is 1. The second kappa shape index (κ2) is 11.4. The summed E-state index contributed by atoms with van der Waals surface area (Å²) in [6.45, 7) is 6.68. The molecule has 2 saturated heterocycles. The number of hydrogen-bond acceptors (Lipinski definition) is 8. The molecular formula is C32H34N8O3. The highest BCUT2D eigenvalue weighted by atomic mass is 16.5. The number of hydrogen-bond donors (Lipinski definition) is 1. The monoisotopic (exact) mass is 578 g/mol. The van der Waals surface area contributed by atoms with Crippen LogP contribution in [0.2, 0.25) is 0 Å². The molecule has 11 heteroatoms. The second-order valence-corrected chi connectivity index (χ2v) is 11.5. The maximum absolute atomic E-state index is 14.0. The number of nitrogens with zero attached hydrogens (tertiary/aromatic N) is 7. The van der Waals surface area contributed by atoms with Crippen LogP contribution in [0, 0.1) is 11.3 Å². The Morgan fingerprint density at radius 3 is 2.47 bits per heavy atom. The number of nitrogens with two attached hydrogens (primary N) is 1. The van der Waals surface area contributed by atoms with Crippen LogP contribution < -0.4 is 16.2 Å². The van der Waals surface area contributed by atoms with E-state index in [4.69, 9.17) is 10.5 Å². The van der Waals surface area contributed by atoms with Crippen molar-refractivity contribution < 1.29 is 9.53 Å². The third kappa shape index (κ3) is 5.37. The summed E-state index contributed by atoms with van der Waals surface area (Å²) in [6.07, 6.45) is 5.70. The van der Waals surface area contributed by atoms with E-state index in [2.05, 4.69) is 20.9 Å². The van der Waals surface area contributed by atoms with Crippen LogP contribution in [0.25, 0.3) is 16.9 Å². The molecule has 0 spiro atoms. The van der Waals surface area contributed by atoms with Crippen LogP contribution in [-0.2, 0) is 11.3 Å². The summed E-state index contributed by atoms with van der Waals surface area (Å²) in [5.74, 6) is 1.19. The van der Waals surface area contributed by atoms with Crippen LogP contribution in [0.5, 0.6) is 11.5 Å². The molecule has 1 amide bonds. The van der Waals surface area contributed by atoms with Gasteiger partial charge < -0.3 is 15.4 Å². The first-order chi connectivity index (χ1) is 20.8. The van der Waals surface area contributed by atoms with Crippen molar-refractivity contribution >= 4 is 22.9 Å². The topological polar surface area (TPSA) is 135 Å². The van der Waals surface area contributed by atoms with Crippen LogP contribution in [0.1, 0.15) is 33.1 Å². The number of likely N-dealkylation sites (tertiary alicyclic amines) is 2. The number of nitriles is 1. The number of rotatable bonds is 8. The molecule has 2 aromatic carbocycles. The lowest BCUT2D eigenvalue weighted by atomic mass is 9.95. The fraction of sp³-hybridized carbons (Fsp3) is 0.344.